The van der Waals surface area contributed by atoms with Gasteiger partial charge in [-0.25, -0.2) is 4.79 Å². The molecule has 1 saturated heterocycles. The van der Waals surface area contributed by atoms with Gasteiger partial charge < -0.3 is 39.0 Å². The highest BCUT2D eigenvalue weighted by atomic mass is 16.7. The number of carboxylic acids is 1. The molecule has 1 aliphatic heterocycles. The second-order valence-electron chi connectivity index (χ2n) is 23.4. The Morgan fingerprint density at radius 2 is 0.753 bits per heavy atom. The minimum atomic E-state index is -1.92. The van der Waals surface area contributed by atoms with Gasteiger partial charge in [0, 0.05) is 19.3 Å². The number of carbonyl (C=O) groups excluding carboxylic acids is 3. The molecular formula is C73H124O12. The number of aliphatic hydroxyl groups excluding tert-OH is 2. The Labute approximate surface area is 518 Å². The highest BCUT2D eigenvalue weighted by molar-refractivity contribution is 5.74. The first kappa shape index (κ1) is 78.9. The zero-order valence-electron chi connectivity index (χ0n) is 54.1. The smallest absolute Gasteiger partial charge is 0.335 e. The average Bonchev–Trinajstić information content (AvgIpc) is 3.53. The Morgan fingerprint density at radius 3 is 1.18 bits per heavy atom. The summed E-state index contributed by atoms with van der Waals surface area (Å²) < 4.78 is 28.5. The first-order chi connectivity index (χ1) is 41.6. The van der Waals surface area contributed by atoms with Crippen LogP contribution in [0, 0.1) is 0 Å². The maximum absolute atomic E-state index is 13.2. The molecule has 0 radical (unpaired) electrons. The zero-order chi connectivity index (χ0) is 61.7. The molecule has 85 heavy (non-hydrogen) atoms. The maximum Gasteiger partial charge on any atom is 0.335 e. The fourth-order valence-electron chi connectivity index (χ4n) is 10.2. The van der Waals surface area contributed by atoms with E-state index >= 15 is 0 Å². The first-order valence-corrected chi connectivity index (χ1v) is 34.6. The van der Waals surface area contributed by atoms with E-state index in [1.165, 1.54) is 154 Å². The van der Waals surface area contributed by atoms with Gasteiger partial charge >= 0.3 is 23.9 Å². The van der Waals surface area contributed by atoms with Crippen molar-refractivity contribution in [2.75, 3.05) is 13.2 Å². The summed E-state index contributed by atoms with van der Waals surface area (Å²) in [7, 11) is 0. The maximum atomic E-state index is 13.2. The number of aliphatic carboxylic acids is 1. The molecule has 1 aliphatic rings. The Morgan fingerprint density at radius 1 is 0.400 bits per heavy atom. The molecule has 488 valence electrons. The molecule has 0 bridgehead atoms. The van der Waals surface area contributed by atoms with E-state index in [2.05, 4.69) is 99.8 Å². The summed E-state index contributed by atoms with van der Waals surface area (Å²) in [5, 5.41) is 31.7. The van der Waals surface area contributed by atoms with Gasteiger partial charge in [0.2, 0.25) is 0 Å². The van der Waals surface area contributed by atoms with Crippen molar-refractivity contribution >= 4 is 23.9 Å². The van der Waals surface area contributed by atoms with Gasteiger partial charge in [-0.2, -0.15) is 0 Å². The Hall–Kier alpha value is -4.10. The number of ether oxygens (including phenoxy) is 5. The molecule has 0 saturated carbocycles. The number of rotatable bonds is 59. The number of unbranched alkanes of at least 4 members (excludes halogenated alkanes) is 31. The molecule has 1 rings (SSSR count). The standard InChI is InChI=1S/C73H124O12/c1-4-7-10-13-16-19-22-25-28-31-33-36-38-41-44-47-50-53-56-59-65(74)81-62-64(83-66(75)60-57-54-51-48-45-42-39-35-30-27-24-21-18-15-12-9-6-3)63-82-73-71(69(78)68(77)70(85-73)72(79)80)84-67(76)61-58-55-52-49-46-43-40-37-34-32-29-26-23-20-17-14-11-8-5-2/h9,12,18,21,25-30,39,42,48,51,64,68-71,73,77-78H,4-8,10-11,13-17,19-20,22-24,31-38,40-41,43-47,49-50,52-63H2,1-3H3,(H,79,80)/b12-9-,21-18-,28-25-,29-26-,30-27-,42-39-,51-48-. The van der Waals surface area contributed by atoms with Gasteiger partial charge in [0.1, 0.15) is 18.8 Å². The van der Waals surface area contributed by atoms with E-state index in [1.54, 1.807) is 0 Å². The number of carboxylic acid groups (broad SMARTS) is 1. The van der Waals surface area contributed by atoms with Crippen LogP contribution in [0.2, 0.25) is 0 Å². The van der Waals surface area contributed by atoms with Crippen molar-refractivity contribution in [2.24, 2.45) is 0 Å². The van der Waals surface area contributed by atoms with Crippen LogP contribution in [0.5, 0.6) is 0 Å². The van der Waals surface area contributed by atoms with E-state index in [-0.39, 0.29) is 25.9 Å². The topological polar surface area (TPSA) is 175 Å². The van der Waals surface area contributed by atoms with Gasteiger partial charge in [-0.1, -0.05) is 260 Å². The molecule has 12 nitrogen and oxygen atoms in total. The van der Waals surface area contributed by atoms with Crippen molar-refractivity contribution < 1.29 is 58.2 Å². The Balaban J connectivity index is 2.67. The molecule has 1 heterocycles. The third-order valence-corrected chi connectivity index (χ3v) is 15.4. The lowest BCUT2D eigenvalue weighted by atomic mass is 9.98. The van der Waals surface area contributed by atoms with Crippen molar-refractivity contribution in [3.8, 4) is 0 Å². The third-order valence-electron chi connectivity index (χ3n) is 15.4. The average molecular weight is 1190 g/mol. The number of aliphatic hydroxyl groups is 2. The van der Waals surface area contributed by atoms with E-state index in [4.69, 9.17) is 23.7 Å². The van der Waals surface area contributed by atoms with Crippen LogP contribution in [-0.2, 0) is 42.9 Å². The van der Waals surface area contributed by atoms with E-state index in [9.17, 15) is 34.5 Å². The largest absolute Gasteiger partial charge is 0.479 e. The SMILES string of the molecule is CC/C=C\C/C=C\C/C=C\C/C=C\C/C=C\CCCC(=O)OC(COC(=O)CCCCCCCCCCC/C=C\CCCCCCCC)COC1OC(C(=O)O)C(O)C(O)C1OC(=O)CCCCCCCCCCC/C=C\CCCCCCCC. The molecule has 1 fully saturated rings. The van der Waals surface area contributed by atoms with Crippen molar-refractivity contribution in [3.05, 3.63) is 85.1 Å². The van der Waals surface area contributed by atoms with Gasteiger partial charge in [-0.05, 0) is 109 Å². The Bertz CT molecular complexity index is 1800. The molecule has 6 atom stereocenters. The van der Waals surface area contributed by atoms with Crippen molar-refractivity contribution in [3.63, 3.8) is 0 Å². The van der Waals surface area contributed by atoms with E-state index in [0.29, 0.717) is 25.7 Å². The quantitative estimate of drug-likeness (QED) is 0.0228. The summed E-state index contributed by atoms with van der Waals surface area (Å²) in [4.78, 5) is 51.4. The second kappa shape index (κ2) is 60.2. The van der Waals surface area contributed by atoms with Crippen LogP contribution in [0.4, 0.5) is 0 Å². The molecule has 0 amide bonds. The van der Waals surface area contributed by atoms with Gasteiger partial charge in [-0.3, -0.25) is 14.4 Å². The monoisotopic (exact) mass is 1190 g/mol. The van der Waals surface area contributed by atoms with Crippen LogP contribution >= 0.6 is 0 Å². The molecule has 12 heteroatoms. The summed E-state index contributed by atoms with van der Waals surface area (Å²) in [6, 6.07) is 0. The molecule has 6 unspecified atom stereocenters. The van der Waals surface area contributed by atoms with Crippen LogP contribution < -0.4 is 0 Å². The fourth-order valence-corrected chi connectivity index (χ4v) is 10.2. The zero-order valence-corrected chi connectivity index (χ0v) is 54.1. The van der Waals surface area contributed by atoms with Crippen molar-refractivity contribution in [1.82, 2.24) is 0 Å². The summed E-state index contributed by atoms with van der Waals surface area (Å²) in [6.45, 7) is 5.87. The summed E-state index contributed by atoms with van der Waals surface area (Å²) in [6.07, 6.45) is 66.9. The van der Waals surface area contributed by atoms with Gasteiger partial charge in [0.05, 0.1) is 6.61 Å². The van der Waals surface area contributed by atoms with Gasteiger partial charge in [0.15, 0.2) is 24.6 Å². The first-order valence-electron chi connectivity index (χ1n) is 34.6. The van der Waals surface area contributed by atoms with Crippen LogP contribution in [0.1, 0.15) is 303 Å². The van der Waals surface area contributed by atoms with E-state index in [0.717, 1.165) is 83.5 Å². The van der Waals surface area contributed by atoms with Crippen molar-refractivity contribution in [1.29, 1.82) is 0 Å². The van der Waals surface area contributed by atoms with Gasteiger partial charge in [0.25, 0.3) is 0 Å². The lowest BCUT2D eigenvalue weighted by Gasteiger charge is -2.40. The predicted octanol–water partition coefficient (Wildman–Crippen LogP) is 19.0. The summed E-state index contributed by atoms with van der Waals surface area (Å²) in [5.74, 6) is -3.19. The molecule has 0 aromatic carbocycles. The van der Waals surface area contributed by atoms with Crippen molar-refractivity contribution in [2.45, 2.75) is 340 Å². The fraction of sp³-hybridized carbons (Fsp3) is 0.753. The van der Waals surface area contributed by atoms with Crippen LogP contribution in [0.3, 0.4) is 0 Å². The van der Waals surface area contributed by atoms with Gasteiger partial charge in [-0.15, -0.1) is 0 Å². The van der Waals surface area contributed by atoms with Crippen LogP contribution in [0.15, 0.2) is 85.1 Å². The number of hydrogen-bond acceptors (Lipinski definition) is 11. The Kier molecular flexibility index (Phi) is 55.9. The second-order valence-corrected chi connectivity index (χ2v) is 23.4. The molecule has 0 aromatic heterocycles. The minimum absolute atomic E-state index is 0.0499. The normalized spacial score (nSPS) is 18.0. The van der Waals surface area contributed by atoms with Crippen LogP contribution in [0.25, 0.3) is 0 Å². The highest BCUT2D eigenvalue weighted by Crippen LogP contribution is 2.27. The number of hydrogen-bond donors (Lipinski definition) is 3. The van der Waals surface area contributed by atoms with E-state index < -0.39 is 67.3 Å². The summed E-state index contributed by atoms with van der Waals surface area (Å²) >= 11 is 0. The lowest BCUT2D eigenvalue weighted by molar-refractivity contribution is -0.301. The highest BCUT2D eigenvalue weighted by Gasteiger charge is 2.50. The number of carbonyl (C=O) groups is 4. The minimum Gasteiger partial charge on any atom is -0.479 e. The predicted molar refractivity (Wildman–Crippen MR) is 349 cm³/mol. The molecular weight excluding hydrogens is 1070 g/mol. The summed E-state index contributed by atoms with van der Waals surface area (Å²) in [5.41, 5.74) is 0. The van der Waals surface area contributed by atoms with Crippen LogP contribution in [-0.4, -0.2) is 89.2 Å². The third kappa shape index (κ3) is 49.6. The molecule has 0 aliphatic carbocycles. The molecule has 0 aromatic rings. The number of esters is 3. The molecule has 0 spiro atoms. The molecule has 3 N–H and O–H groups in total. The lowest BCUT2D eigenvalue weighted by Crippen LogP contribution is -2.61. The van der Waals surface area contributed by atoms with E-state index in [1.807, 2.05) is 6.08 Å². The number of allylic oxidation sites excluding steroid dienone is 14.